The van der Waals surface area contributed by atoms with Gasteiger partial charge in [0.15, 0.2) is 0 Å². The van der Waals surface area contributed by atoms with Gasteiger partial charge in [0.05, 0.1) is 17.0 Å². The third-order valence-corrected chi connectivity index (χ3v) is 8.75. The molecule has 2 saturated carbocycles. The molecule has 4 rings (SSSR count). The van der Waals surface area contributed by atoms with Crippen LogP contribution in [0.25, 0.3) is 0 Å². The van der Waals surface area contributed by atoms with Gasteiger partial charge < -0.3 is 10.1 Å². The molecule has 0 bridgehead atoms. The molecule has 7 heteroatoms. The molecular formula is C23H34N2O4S. The summed E-state index contributed by atoms with van der Waals surface area (Å²) in [4.78, 5) is 12.1. The predicted octanol–water partition coefficient (Wildman–Crippen LogP) is 3.14. The molecule has 6 nitrogen and oxygen atoms in total. The number of benzene rings is 1. The van der Waals surface area contributed by atoms with Crippen molar-refractivity contribution in [3.8, 4) is 0 Å². The summed E-state index contributed by atoms with van der Waals surface area (Å²) in [5, 5.41) is 3.06. The molecule has 0 unspecified atom stereocenters. The molecule has 4 atom stereocenters. The van der Waals surface area contributed by atoms with Crippen LogP contribution in [0.2, 0.25) is 0 Å². The number of sulfonamides is 1. The lowest BCUT2D eigenvalue weighted by Crippen LogP contribution is -2.50. The maximum absolute atomic E-state index is 13.2. The fraction of sp³-hybridized carbons (Fsp3) is 0.696. The van der Waals surface area contributed by atoms with Gasteiger partial charge in [-0.25, -0.2) is 8.42 Å². The molecule has 1 amide bonds. The molecule has 3 fully saturated rings. The van der Waals surface area contributed by atoms with Crippen molar-refractivity contribution in [1.29, 1.82) is 0 Å². The van der Waals surface area contributed by atoms with Crippen LogP contribution in [-0.2, 0) is 19.6 Å². The molecule has 1 saturated heterocycles. The Kier molecular flexibility index (Phi) is 6.24. The third-order valence-electron chi connectivity index (χ3n) is 6.90. The van der Waals surface area contributed by atoms with Crippen molar-refractivity contribution in [2.75, 3.05) is 19.7 Å². The van der Waals surface area contributed by atoms with E-state index in [4.69, 9.17) is 4.74 Å². The number of nitrogens with zero attached hydrogens (tertiary/aromatic N) is 1. The van der Waals surface area contributed by atoms with Gasteiger partial charge in [-0.1, -0.05) is 26.0 Å². The minimum absolute atomic E-state index is 0.0243. The fourth-order valence-corrected chi connectivity index (χ4v) is 6.44. The number of rotatable bonds is 7. The average molecular weight is 435 g/mol. The molecule has 0 spiro atoms. The van der Waals surface area contributed by atoms with Crippen molar-refractivity contribution in [3.05, 3.63) is 29.8 Å². The second-order valence-corrected chi connectivity index (χ2v) is 11.6. The van der Waals surface area contributed by atoms with Gasteiger partial charge in [0.2, 0.25) is 15.9 Å². The second-order valence-electron chi connectivity index (χ2n) is 9.66. The largest absolute Gasteiger partial charge is 0.376 e. The monoisotopic (exact) mass is 434 g/mol. The first-order valence-electron chi connectivity index (χ1n) is 11.2. The highest BCUT2D eigenvalue weighted by Gasteiger charge is 2.46. The number of amides is 1. The first-order chi connectivity index (χ1) is 14.2. The quantitative estimate of drug-likeness (QED) is 0.715. The smallest absolute Gasteiger partial charge is 0.243 e. The zero-order valence-electron chi connectivity index (χ0n) is 18.2. The van der Waals surface area contributed by atoms with Gasteiger partial charge >= 0.3 is 0 Å². The molecule has 1 N–H and O–H groups in total. The average Bonchev–Trinajstić information content (AvgIpc) is 3.43. The molecule has 1 aromatic carbocycles. The van der Waals surface area contributed by atoms with Crippen LogP contribution < -0.4 is 5.32 Å². The predicted molar refractivity (Wildman–Crippen MR) is 116 cm³/mol. The number of hydrogen-bond acceptors (Lipinski definition) is 4. The van der Waals surface area contributed by atoms with Crippen LogP contribution in [0.4, 0.5) is 0 Å². The molecule has 1 aromatic rings. The van der Waals surface area contributed by atoms with Crippen LogP contribution in [0.1, 0.15) is 57.9 Å². The van der Waals surface area contributed by atoms with E-state index in [1.807, 2.05) is 12.1 Å². The van der Waals surface area contributed by atoms with E-state index in [0.717, 1.165) is 25.0 Å². The van der Waals surface area contributed by atoms with E-state index in [1.165, 1.54) is 19.8 Å². The number of ether oxygens (including phenoxy) is 1. The maximum atomic E-state index is 13.2. The number of fused-ring (bicyclic) bond motifs is 1. The Morgan fingerprint density at radius 3 is 2.33 bits per heavy atom. The number of carbonyl (C=O) groups excluding carboxylic acids is 1. The summed E-state index contributed by atoms with van der Waals surface area (Å²) in [7, 11) is -3.51. The SMILES string of the molecule is CC(=O)N[C@@H]1C[C@@H]2CN(S(=O)(=O)c3ccc(C(C)C)cc3)C[C@@H]2C[C@H]1OCC1CC1. The first-order valence-corrected chi connectivity index (χ1v) is 12.7. The normalized spacial score (nSPS) is 29.7. The summed E-state index contributed by atoms with van der Waals surface area (Å²) >= 11 is 0. The van der Waals surface area contributed by atoms with Gasteiger partial charge in [-0.2, -0.15) is 4.31 Å². The molecule has 30 heavy (non-hydrogen) atoms. The number of carbonyl (C=O) groups is 1. The van der Waals surface area contributed by atoms with Crippen LogP contribution in [0.3, 0.4) is 0 Å². The standard InChI is InChI=1S/C23H34N2O4S/c1-15(2)18-6-8-21(9-7-18)30(27,28)25-12-19-10-22(24-16(3)26)23(11-20(19)13-25)29-14-17-4-5-17/h6-9,15,17,19-20,22-23H,4-5,10-14H2,1-3H3,(H,24,26)/t19-,20+,22-,23-/m1/s1. The molecule has 1 aliphatic heterocycles. The Bertz CT molecular complexity index is 864. The second kappa shape index (κ2) is 8.60. The molecule has 0 radical (unpaired) electrons. The van der Waals surface area contributed by atoms with Crippen LogP contribution in [-0.4, -0.2) is 50.5 Å². The Morgan fingerprint density at radius 1 is 1.13 bits per heavy atom. The lowest BCUT2D eigenvalue weighted by Gasteiger charge is -2.38. The number of hydrogen-bond donors (Lipinski definition) is 1. The topological polar surface area (TPSA) is 75.7 Å². The summed E-state index contributed by atoms with van der Waals surface area (Å²) in [5.74, 6) is 1.52. The Morgan fingerprint density at radius 2 is 1.77 bits per heavy atom. The van der Waals surface area contributed by atoms with Crippen molar-refractivity contribution in [2.24, 2.45) is 17.8 Å². The van der Waals surface area contributed by atoms with E-state index in [1.54, 1.807) is 16.4 Å². The lowest BCUT2D eigenvalue weighted by atomic mass is 9.77. The van der Waals surface area contributed by atoms with Crippen LogP contribution >= 0.6 is 0 Å². The zero-order chi connectivity index (χ0) is 21.5. The third kappa shape index (κ3) is 4.73. The molecule has 2 aliphatic carbocycles. The molecule has 3 aliphatic rings. The number of nitrogens with one attached hydrogen (secondary N) is 1. The minimum Gasteiger partial charge on any atom is -0.376 e. The fourth-order valence-electron chi connectivity index (χ4n) is 4.88. The van der Waals surface area contributed by atoms with Crippen LogP contribution in [0, 0.1) is 17.8 Å². The Labute approximate surface area is 180 Å². The van der Waals surface area contributed by atoms with Crippen molar-refractivity contribution in [3.63, 3.8) is 0 Å². The Balaban J connectivity index is 1.46. The van der Waals surface area contributed by atoms with Gasteiger partial charge in [-0.3, -0.25) is 4.79 Å². The van der Waals surface area contributed by atoms with Crippen LogP contribution in [0.15, 0.2) is 29.2 Å². The van der Waals surface area contributed by atoms with Crippen molar-refractivity contribution >= 4 is 15.9 Å². The van der Waals surface area contributed by atoms with Crippen molar-refractivity contribution in [1.82, 2.24) is 9.62 Å². The van der Waals surface area contributed by atoms with Gasteiger partial charge in [-0.05, 0) is 67.1 Å². The van der Waals surface area contributed by atoms with E-state index in [0.29, 0.717) is 29.8 Å². The van der Waals surface area contributed by atoms with E-state index in [9.17, 15) is 13.2 Å². The van der Waals surface area contributed by atoms with Gasteiger partial charge in [0.25, 0.3) is 0 Å². The lowest BCUT2D eigenvalue weighted by molar-refractivity contribution is -0.122. The summed E-state index contributed by atoms with van der Waals surface area (Å²) in [6.07, 6.45) is 4.01. The van der Waals surface area contributed by atoms with E-state index >= 15 is 0 Å². The van der Waals surface area contributed by atoms with E-state index in [2.05, 4.69) is 19.2 Å². The highest BCUT2D eigenvalue weighted by Crippen LogP contribution is 2.40. The molecule has 166 valence electrons. The van der Waals surface area contributed by atoms with Gasteiger partial charge in [-0.15, -0.1) is 0 Å². The Hall–Kier alpha value is -1.44. The van der Waals surface area contributed by atoms with Crippen molar-refractivity contribution < 1.29 is 17.9 Å². The minimum atomic E-state index is -3.51. The molecule has 1 heterocycles. The first kappa shape index (κ1) is 21.8. The van der Waals surface area contributed by atoms with Gasteiger partial charge in [0.1, 0.15) is 0 Å². The highest BCUT2D eigenvalue weighted by molar-refractivity contribution is 7.89. The summed E-state index contributed by atoms with van der Waals surface area (Å²) < 4.78 is 34.3. The maximum Gasteiger partial charge on any atom is 0.243 e. The summed E-state index contributed by atoms with van der Waals surface area (Å²) in [6.45, 7) is 7.54. The van der Waals surface area contributed by atoms with Crippen LogP contribution in [0.5, 0.6) is 0 Å². The summed E-state index contributed by atoms with van der Waals surface area (Å²) in [6, 6.07) is 7.25. The van der Waals surface area contributed by atoms with Gasteiger partial charge in [0, 0.05) is 26.6 Å². The molecular weight excluding hydrogens is 400 g/mol. The van der Waals surface area contributed by atoms with Crippen molar-refractivity contribution in [2.45, 2.75) is 69.4 Å². The van der Waals surface area contributed by atoms with E-state index in [-0.39, 0.29) is 29.9 Å². The zero-order valence-corrected chi connectivity index (χ0v) is 19.0. The summed E-state index contributed by atoms with van der Waals surface area (Å²) in [5.41, 5.74) is 1.14. The molecule has 0 aromatic heterocycles. The highest BCUT2D eigenvalue weighted by atomic mass is 32.2. The van der Waals surface area contributed by atoms with E-state index < -0.39 is 10.0 Å².